The fraction of sp³-hybridized carbons (Fsp3) is 0.588. The summed E-state index contributed by atoms with van der Waals surface area (Å²) in [5.41, 5.74) is 0.942. The van der Waals surface area contributed by atoms with Gasteiger partial charge >= 0.3 is 0 Å². The molecule has 6 heteroatoms. The minimum atomic E-state index is -0.323. The van der Waals surface area contributed by atoms with Crippen molar-refractivity contribution in [2.75, 3.05) is 46.4 Å². The highest BCUT2D eigenvalue weighted by molar-refractivity contribution is 5.77. The molecule has 0 radical (unpaired) electrons. The minimum Gasteiger partial charge on any atom is -0.494 e. The van der Waals surface area contributed by atoms with Crippen molar-refractivity contribution >= 4 is 5.91 Å². The molecule has 1 fully saturated rings. The average Bonchev–Trinajstić information content (AvgIpc) is 2.55. The van der Waals surface area contributed by atoms with Gasteiger partial charge in [-0.1, -0.05) is 13.0 Å². The molecule has 1 N–H and O–H groups in total. The summed E-state index contributed by atoms with van der Waals surface area (Å²) in [6, 6.07) is 5.09. The van der Waals surface area contributed by atoms with Crippen molar-refractivity contribution in [1.29, 1.82) is 0 Å². The van der Waals surface area contributed by atoms with E-state index in [1.165, 1.54) is 13.2 Å². The molecule has 0 unspecified atom stereocenters. The van der Waals surface area contributed by atoms with E-state index in [2.05, 4.69) is 15.1 Å². The molecule has 0 atom stereocenters. The van der Waals surface area contributed by atoms with Gasteiger partial charge in [0.2, 0.25) is 5.91 Å². The molecule has 0 aliphatic carbocycles. The summed E-state index contributed by atoms with van der Waals surface area (Å²) in [7, 11) is 1.47. The van der Waals surface area contributed by atoms with Gasteiger partial charge in [-0.2, -0.15) is 0 Å². The Morgan fingerprint density at radius 3 is 2.57 bits per heavy atom. The Morgan fingerprint density at radius 2 is 1.96 bits per heavy atom. The van der Waals surface area contributed by atoms with Crippen LogP contribution in [0.2, 0.25) is 0 Å². The second kappa shape index (κ2) is 8.84. The van der Waals surface area contributed by atoms with E-state index in [0.29, 0.717) is 6.54 Å². The summed E-state index contributed by atoms with van der Waals surface area (Å²) in [5.74, 6) is 0.0467. The predicted octanol–water partition coefficient (Wildman–Crippen LogP) is 1.48. The topological polar surface area (TPSA) is 44.8 Å². The number of halogens is 1. The molecule has 1 aliphatic heterocycles. The van der Waals surface area contributed by atoms with Crippen LogP contribution in [-0.2, 0) is 11.3 Å². The number of piperazine rings is 1. The van der Waals surface area contributed by atoms with Gasteiger partial charge in [0.25, 0.3) is 0 Å². The van der Waals surface area contributed by atoms with Crippen LogP contribution in [0.1, 0.15) is 18.9 Å². The lowest BCUT2D eigenvalue weighted by Crippen LogP contribution is -2.49. The van der Waals surface area contributed by atoms with Gasteiger partial charge in [0, 0.05) is 39.3 Å². The number of benzene rings is 1. The molecule has 1 aromatic rings. The van der Waals surface area contributed by atoms with Gasteiger partial charge in [0.05, 0.1) is 13.7 Å². The summed E-state index contributed by atoms with van der Waals surface area (Å²) in [5, 5.41) is 2.90. The average molecular weight is 323 g/mol. The minimum absolute atomic E-state index is 0.0949. The maximum absolute atomic E-state index is 13.7. The van der Waals surface area contributed by atoms with E-state index in [-0.39, 0.29) is 17.5 Å². The lowest BCUT2D eigenvalue weighted by atomic mass is 10.2. The van der Waals surface area contributed by atoms with E-state index in [1.807, 2.05) is 13.0 Å². The molecule has 5 nitrogen and oxygen atoms in total. The molecule has 128 valence electrons. The fourth-order valence-electron chi connectivity index (χ4n) is 2.70. The number of carbonyl (C=O) groups excluding carboxylic acids is 1. The number of hydrogen-bond acceptors (Lipinski definition) is 4. The number of hydrogen-bond donors (Lipinski definition) is 1. The third kappa shape index (κ3) is 5.48. The third-order valence-corrected chi connectivity index (χ3v) is 4.03. The Hall–Kier alpha value is -1.66. The number of nitrogens with zero attached hydrogens (tertiary/aromatic N) is 2. The Balaban J connectivity index is 1.76. The van der Waals surface area contributed by atoms with Crippen LogP contribution in [0.15, 0.2) is 18.2 Å². The van der Waals surface area contributed by atoms with E-state index in [9.17, 15) is 9.18 Å². The van der Waals surface area contributed by atoms with Crippen LogP contribution in [0.5, 0.6) is 5.75 Å². The lowest BCUT2D eigenvalue weighted by Gasteiger charge is -2.34. The molecule has 0 aromatic heterocycles. The smallest absolute Gasteiger partial charge is 0.234 e. The van der Waals surface area contributed by atoms with Crippen molar-refractivity contribution in [3.63, 3.8) is 0 Å². The first-order valence-corrected chi connectivity index (χ1v) is 8.16. The Kier molecular flexibility index (Phi) is 6.80. The number of carbonyl (C=O) groups is 1. The Morgan fingerprint density at radius 1 is 1.26 bits per heavy atom. The number of amides is 1. The highest BCUT2D eigenvalue weighted by Gasteiger charge is 2.19. The van der Waals surface area contributed by atoms with Crippen LogP contribution in [0.4, 0.5) is 4.39 Å². The first kappa shape index (κ1) is 17.7. The second-order valence-electron chi connectivity index (χ2n) is 5.87. The standard InChI is InChI=1S/C17H26FN3O2/c1-3-6-19-17(22)13-21-9-7-20(8-10-21)12-14-4-5-16(23-2)15(18)11-14/h4-5,11H,3,6-10,12-13H2,1-2H3,(H,19,22). The van der Waals surface area contributed by atoms with Crippen molar-refractivity contribution in [2.24, 2.45) is 0 Å². The molecule has 1 saturated heterocycles. The van der Waals surface area contributed by atoms with Crippen molar-refractivity contribution < 1.29 is 13.9 Å². The Bertz CT molecular complexity index is 517. The third-order valence-electron chi connectivity index (χ3n) is 4.03. The zero-order chi connectivity index (χ0) is 16.7. The van der Waals surface area contributed by atoms with Gasteiger partial charge in [-0.15, -0.1) is 0 Å². The molecule has 1 amide bonds. The molecule has 23 heavy (non-hydrogen) atoms. The fourth-order valence-corrected chi connectivity index (χ4v) is 2.70. The number of rotatable bonds is 7. The quantitative estimate of drug-likeness (QED) is 0.825. The second-order valence-corrected chi connectivity index (χ2v) is 5.87. The zero-order valence-corrected chi connectivity index (χ0v) is 14.0. The number of methoxy groups -OCH3 is 1. The van der Waals surface area contributed by atoms with Gasteiger partial charge in [0.15, 0.2) is 11.6 Å². The summed E-state index contributed by atoms with van der Waals surface area (Å²) < 4.78 is 18.7. The van der Waals surface area contributed by atoms with Gasteiger partial charge in [-0.05, 0) is 24.1 Å². The summed E-state index contributed by atoms with van der Waals surface area (Å²) in [4.78, 5) is 16.2. The van der Waals surface area contributed by atoms with Gasteiger partial charge in [-0.3, -0.25) is 14.6 Å². The summed E-state index contributed by atoms with van der Waals surface area (Å²) >= 11 is 0. The van der Waals surface area contributed by atoms with Gasteiger partial charge < -0.3 is 10.1 Å². The van der Waals surface area contributed by atoms with Crippen LogP contribution in [0.25, 0.3) is 0 Å². The summed E-state index contributed by atoms with van der Waals surface area (Å²) in [6.07, 6.45) is 0.956. The molecule has 1 heterocycles. The molecule has 1 aromatic carbocycles. The van der Waals surface area contributed by atoms with Gasteiger partial charge in [-0.25, -0.2) is 4.39 Å². The molecular formula is C17H26FN3O2. The lowest BCUT2D eigenvalue weighted by molar-refractivity contribution is -0.122. The number of ether oxygens (including phenoxy) is 1. The zero-order valence-electron chi connectivity index (χ0n) is 14.0. The van der Waals surface area contributed by atoms with Crippen molar-refractivity contribution in [2.45, 2.75) is 19.9 Å². The van der Waals surface area contributed by atoms with Crippen LogP contribution in [0, 0.1) is 5.82 Å². The highest BCUT2D eigenvalue weighted by atomic mass is 19.1. The SMILES string of the molecule is CCCNC(=O)CN1CCN(Cc2ccc(OC)c(F)c2)CC1. The van der Waals surface area contributed by atoms with Crippen molar-refractivity contribution in [1.82, 2.24) is 15.1 Å². The normalized spacial score (nSPS) is 16.3. The van der Waals surface area contributed by atoms with Crippen molar-refractivity contribution in [3.8, 4) is 5.75 Å². The highest BCUT2D eigenvalue weighted by Crippen LogP contribution is 2.19. The molecule has 0 saturated carbocycles. The molecule has 0 bridgehead atoms. The van der Waals surface area contributed by atoms with Crippen LogP contribution < -0.4 is 10.1 Å². The molecule has 2 rings (SSSR count). The van der Waals surface area contributed by atoms with E-state index in [1.54, 1.807) is 6.07 Å². The molecule has 1 aliphatic rings. The van der Waals surface area contributed by atoms with E-state index in [0.717, 1.165) is 51.3 Å². The maximum atomic E-state index is 13.7. The van der Waals surface area contributed by atoms with Gasteiger partial charge in [0.1, 0.15) is 0 Å². The van der Waals surface area contributed by atoms with Crippen LogP contribution in [-0.4, -0.2) is 62.1 Å². The first-order valence-electron chi connectivity index (χ1n) is 8.16. The van der Waals surface area contributed by atoms with E-state index in [4.69, 9.17) is 4.74 Å². The van der Waals surface area contributed by atoms with Crippen LogP contribution in [0.3, 0.4) is 0 Å². The van der Waals surface area contributed by atoms with Crippen molar-refractivity contribution in [3.05, 3.63) is 29.6 Å². The largest absolute Gasteiger partial charge is 0.494 e. The summed E-state index contributed by atoms with van der Waals surface area (Å²) in [6.45, 7) is 7.45. The van der Waals surface area contributed by atoms with E-state index >= 15 is 0 Å². The molecule has 0 spiro atoms. The van der Waals surface area contributed by atoms with E-state index < -0.39 is 0 Å². The maximum Gasteiger partial charge on any atom is 0.234 e. The Labute approximate surface area is 137 Å². The monoisotopic (exact) mass is 323 g/mol. The molecular weight excluding hydrogens is 297 g/mol. The number of nitrogens with one attached hydrogen (secondary N) is 1. The predicted molar refractivity (Wildman–Crippen MR) is 88.0 cm³/mol. The van der Waals surface area contributed by atoms with Crippen LogP contribution >= 0.6 is 0 Å². The first-order chi connectivity index (χ1) is 11.1.